The first kappa shape index (κ1) is 21.5. The number of amides is 1. The van der Waals surface area contributed by atoms with Gasteiger partial charge in [0.15, 0.2) is 0 Å². The number of fused-ring (bicyclic) bond motifs is 2. The van der Waals surface area contributed by atoms with Crippen LogP contribution in [0.15, 0.2) is 53.4 Å². The molecule has 0 aliphatic heterocycles. The zero-order valence-corrected chi connectivity index (χ0v) is 20.2. The van der Waals surface area contributed by atoms with Crippen LogP contribution in [0.5, 0.6) is 0 Å². The van der Waals surface area contributed by atoms with Gasteiger partial charge in [-0.25, -0.2) is 13.4 Å². The first-order valence-corrected chi connectivity index (χ1v) is 13.5. The molecule has 0 radical (unpaired) electrons. The maximum atomic E-state index is 13.2. The third kappa shape index (κ3) is 3.62. The molecule has 2 aromatic heterocycles. The van der Waals surface area contributed by atoms with Gasteiger partial charge in [0.05, 0.1) is 20.8 Å². The van der Waals surface area contributed by atoms with E-state index in [1.54, 1.807) is 23.9 Å². The van der Waals surface area contributed by atoms with E-state index in [0.29, 0.717) is 16.5 Å². The lowest BCUT2D eigenvalue weighted by Crippen LogP contribution is -2.29. The zero-order chi connectivity index (χ0) is 23.4. The standard InChI is InChI=1S/C24H23N5O3S2/c1-28(16-11-12-16)34(31,32)17-13-9-15(10-14-17)23(30)26-22-18-5-4-7-19(18)27-29(22)24-25-20-6-2-3-8-21(20)33-24/h2-3,6,8-10,13-14,16H,4-5,7,11-12H2,1H3,(H,26,30). The Morgan fingerprint density at radius 2 is 1.88 bits per heavy atom. The Bertz CT molecular complexity index is 1480. The van der Waals surface area contributed by atoms with E-state index in [-0.39, 0.29) is 16.8 Å². The number of carbonyl (C=O) groups excluding carboxylic acids is 1. The van der Waals surface area contributed by atoms with E-state index in [1.807, 2.05) is 24.3 Å². The highest BCUT2D eigenvalue weighted by atomic mass is 32.2. The van der Waals surface area contributed by atoms with E-state index in [9.17, 15) is 13.2 Å². The van der Waals surface area contributed by atoms with Gasteiger partial charge in [-0.15, -0.1) is 0 Å². The fourth-order valence-electron chi connectivity index (χ4n) is 4.37. The molecular formula is C24H23N5O3S2. The van der Waals surface area contributed by atoms with Gasteiger partial charge in [0.1, 0.15) is 5.82 Å². The first-order chi connectivity index (χ1) is 16.4. The van der Waals surface area contributed by atoms with Crippen molar-refractivity contribution in [2.45, 2.75) is 43.0 Å². The van der Waals surface area contributed by atoms with Crippen molar-refractivity contribution in [2.75, 3.05) is 12.4 Å². The van der Waals surface area contributed by atoms with Gasteiger partial charge in [-0.3, -0.25) is 4.79 Å². The predicted octanol–water partition coefficient (Wildman–Crippen LogP) is 4.01. The Kier molecular flexibility index (Phi) is 5.05. The van der Waals surface area contributed by atoms with Crippen molar-refractivity contribution in [3.8, 4) is 5.13 Å². The molecule has 4 aromatic rings. The van der Waals surface area contributed by atoms with Crippen molar-refractivity contribution in [1.29, 1.82) is 0 Å². The van der Waals surface area contributed by atoms with Crippen LogP contribution in [0.25, 0.3) is 15.3 Å². The van der Waals surface area contributed by atoms with Crippen molar-refractivity contribution in [3.05, 3.63) is 65.4 Å². The smallest absolute Gasteiger partial charge is 0.256 e. The third-order valence-electron chi connectivity index (χ3n) is 6.46. The number of anilines is 1. The monoisotopic (exact) mass is 493 g/mol. The lowest BCUT2D eigenvalue weighted by atomic mass is 10.2. The van der Waals surface area contributed by atoms with Gasteiger partial charge in [0, 0.05) is 24.2 Å². The lowest BCUT2D eigenvalue weighted by Gasteiger charge is -2.16. The van der Waals surface area contributed by atoms with E-state index in [4.69, 9.17) is 10.1 Å². The van der Waals surface area contributed by atoms with Gasteiger partial charge in [0.25, 0.3) is 5.91 Å². The van der Waals surface area contributed by atoms with Crippen LogP contribution in [-0.4, -0.2) is 46.5 Å². The van der Waals surface area contributed by atoms with E-state index < -0.39 is 10.0 Å². The minimum atomic E-state index is -3.55. The number of aryl methyl sites for hydroxylation is 1. The summed E-state index contributed by atoms with van der Waals surface area (Å²) in [7, 11) is -1.94. The average molecular weight is 494 g/mol. The number of rotatable bonds is 6. The van der Waals surface area contributed by atoms with E-state index >= 15 is 0 Å². The van der Waals surface area contributed by atoms with Gasteiger partial charge in [-0.1, -0.05) is 23.5 Å². The Balaban J connectivity index is 1.30. The molecule has 0 bridgehead atoms. The van der Waals surface area contributed by atoms with Crippen LogP contribution in [-0.2, 0) is 22.9 Å². The zero-order valence-electron chi connectivity index (χ0n) is 18.6. The SMILES string of the molecule is CN(C1CC1)S(=O)(=O)c1ccc(C(=O)Nc2c3c(nn2-c2nc4ccccc4s2)CCC3)cc1. The minimum Gasteiger partial charge on any atom is -0.306 e. The second-order valence-electron chi connectivity index (χ2n) is 8.73. The molecule has 174 valence electrons. The molecule has 0 saturated heterocycles. The molecule has 1 fully saturated rings. The molecule has 1 N–H and O–H groups in total. The Hall–Kier alpha value is -3.08. The van der Waals surface area contributed by atoms with Gasteiger partial charge >= 0.3 is 0 Å². The van der Waals surface area contributed by atoms with Crippen LogP contribution in [0.1, 0.15) is 40.9 Å². The molecule has 10 heteroatoms. The summed E-state index contributed by atoms with van der Waals surface area (Å²) < 4.78 is 29.7. The topological polar surface area (TPSA) is 97.2 Å². The number of carbonyl (C=O) groups is 1. The summed E-state index contributed by atoms with van der Waals surface area (Å²) in [5, 5.41) is 8.49. The number of hydrogen-bond donors (Lipinski definition) is 1. The summed E-state index contributed by atoms with van der Waals surface area (Å²) in [5.41, 5.74) is 3.30. The largest absolute Gasteiger partial charge is 0.306 e. The summed E-state index contributed by atoms with van der Waals surface area (Å²) in [6, 6.07) is 14.1. The summed E-state index contributed by atoms with van der Waals surface area (Å²) in [5.74, 6) is 0.332. The highest BCUT2D eigenvalue weighted by Crippen LogP contribution is 2.34. The van der Waals surface area contributed by atoms with Crippen LogP contribution in [0.4, 0.5) is 5.82 Å². The van der Waals surface area contributed by atoms with Gasteiger partial charge in [-0.05, 0) is 68.5 Å². The Morgan fingerprint density at radius 1 is 1.12 bits per heavy atom. The second-order valence-corrected chi connectivity index (χ2v) is 11.7. The normalized spacial score (nSPS) is 15.7. The van der Waals surface area contributed by atoms with Gasteiger partial charge in [-0.2, -0.15) is 14.1 Å². The fraction of sp³-hybridized carbons (Fsp3) is 0.292. The molecule has 0 spiro atoms. The van der Waals surface area contributed by atoms with Crippen molar-refractivity contribution < 1.29 is 13.2 Å². The number of benzene rings is 2. The number of para-hydroxylation sites is 1. The maximum absolute atomic E-state index is 13.2. The van der Waals surface area contributed by atoms with Crippen molar-refractivity contribution >= 4 is 43.3 Å². The lowest BCUT2D eigenvalue weighted by molar-refractivity contribution is 0.102. The molecule has 2 aliphatic carbocycles. The number of hydrogen-bond acceptors (Lipinski definition) is 6. The summed E-state index contributed by atoms with van der Waals surface area (Å²) in [6.45, 7) is 0. The van der Waals surface area contributed by atoms with Gasteiger partial charge < -0.3 is 5.32 Å². The van der Waals surface area contributed by atoms with Crippen LogP contribution >= 0.6 is 11.3 Å². The van der Waals surface area contributed by atoms with Crippen molar-refractivity contribution in [2.24, 2.45) is 0 Å². The predicted molar refractivity (Wildman–Crippen MR) is 131 cm³/mol. The number of nitrogens with zero attached hydrogens (tertiary/aromatic N) is 4. The maximum Gasteiger partial charge on any atom is 0.256 e. The molecule has 1 amide bonds. The second kappa shape index (κ2) is 8.00. The van der Waals surface area contributed by atoms with E-state index in [0.717, 1.165) is 53.6 Å². The molecule has 2 heterocycles. The highest BCUT2D eigenvalue weighted by Gasteiger charge is 2.35. The average Bonchev–Trinajstić information content (AvgIpc) is 3.28. The molecule has 6 rings (SSSR count). The van der Waals surface area contributed by atoms with Crippen LogP contribution in [0.2, 0.25) is 0 Å². The Morgan fingerprint density at radius 3 is 2.62 bits per heavy atom. The molecule has 1 saturated carbocycles. The first-order valence-electron chi connectivity index (χ1n) is 11.3. The number of sulfonamides is 1. The summed E-state index contributed by atoms with van der Waals surface area (Å²) in [4.78, 5) is 18.1. The molecule has 2 aromatic carbocycles. The van der Waals surface area contributed by atoms with Crippen LogP contribution < -0.4 is 5.32 Å². The van der Waals surface area contributed by atoms with Crippen molar-refractivity contribution in [3.63, 3.8) is 0 Å². The molecule has 2 aliphatic rings. The number of thiazole rings is 1. The molecule has 0 atom stereocenters. The fourth-order valence-corrected chi connectivity index (χ4v) is 6.71. The summed E-state index contributed by atoms with van der Waals surface area (Å²) >= 11 is 1.53. The van der Waals surface area contributed by atoms with Crippen molar-refractivity contribution in [1.82, 2.24) is 19.1 Å². The highest BCUT2D eigenvalue weighted by molar-refractivity contribution is 7.89. The quantitative estimate of drug-likeness (QED) is 0.438. The van der Waals surface area contributed by atoms with E-state index in [2.05, 4.69) is 5.32 Å². The van der Waals surface area contributed by atoms with E-state index in [1.165, 1.54) is 27.8 Å². The van der Waals surface area contributed by atoms with Gasteiger partial charge in [0.2, 0.25) is 15.2 Å². The minimum absolute atomic E-state index is 0.0814. The Labute approximate surface area is 201 Å². The summed E-state index contributed by atoms with van der Waals surface area (Å²) in [6.07, 6.45) is 4.51. The molecular weight excluding hydrogens is 470 g/mol. The molecule has 34 heavy (non-hydrogen) atoms. The molecule has 0 unspecified atom stereocenters. The molecule has 8 nitrogen and oxygen atoms in total. The van der Waals surface area contributed by atoms with Crippen LogP contribution in [0, 0.1) is 0 Å². The van der Waals surface area contributed by atoms with Crippen LogP contribution in [0.3, 0.4) is 0 Å². The number of nitrogens with one attached hydrogen (secondary N) is 1. The number of aromatic nitrogens is 3. The third-order valence-corrected chi connectivity index (χ3v) is 9.39.